The van der Waals surface area contributed by atoms with Crippen molar-refractivity contribution in [2.75, 3.05) is 13.7 Å². The Bertz CT molecular complexity index is 331. The number of rotatable bonds is 3. The highest BCUT2D eigenvalue weighted by Gasteiger charge is 2.18. The van der Waals surface area contributed by atoms with Crippen LogP contribution in [0.15, 0.2) is 12.1 Å². The first-order valence-electron chi connectivity index (χ1n) is 4.00. The molecule has 0 spiro atoms. The first-order valence-corrected chi connectivity index (χ1v) is 4.00. The Morgan fingerprint density at radius 1 is 1.50 bits per heavy atom. The maximum atomic E-state index is 13.1. The molecule has 0 saturated carbocycles. The lowest BCUT2D eigenvalue weighted by Crippen LogP contribution is -2.16. The third-order valence-corrected chi connectivity index (χ3v) is 1.88. The summed E-state index contributed by atoms with van der Waals surface area (Å²) in [6.07, 6.45) is 0. The Hall–Kier alpha value is -1.20. The van der Waals surface area contributed by atoms with Crippen LogP contribution in [0, 0.1) is 11.6 Å². The Labute approximate surface area is 80.1 Å². The van der Waals surface area contributed by atoms with Gasteiger partial charge in [-0.05, 0) is 6.07 Å². The van der Waals surface area contributed by atoms with Gasteiger partial charge in [0.05, 0.1) is 19.8 Å². The van der Waals surface area contributed by atoms with E-state index in [2.05, 4.69) is 4.74 Å². The van der Waals surface area contributed by atoms with E-state index in [9.17, 15) is 8.78 Å². The van der Waals surface area contributed by atoms with Gasteiger partial charge in [0.25, 0.3) is 0 Å². The van der Waals surface area contributed by atoms with Crippen molar-refractivity contribution in [2.24, 2.45) is 5.73 Å². The van der Waals surface area contributed by atoms with Crippen LogP contribution in [0.1, 0.15) is 11.6 Å². The molecule has 0 aliphatic rings. The first-order chi connectivity index (χ1) is 6.61. The summed E-state index contributed by atoms with van der Waals surface area (Å²) in [7, 11) is 1.21. The molecular weight excluding hydrogens is 192 g/mol. The number of benzene rings is 1. The molecule has 3 nitrogen and oxygen atoms in total. The van der Waals surface area contributed by atoms with Crippen LogP contribution in [0.3, 0.4) is 0 Å². The van der Waals surface area contributed by atoms with Gasteiger partial charge in [-0.25, -0.2) is 4.39 Å². The number of aliphatic hydroxyl groups excluding tert-OH is 1. The quantitative estimate of drug-likeness (QED) is 0.769. The van der Waals surface area contributed by atoms with E-state index in [1.807, 2.05) is 0 Å². The molecule has 0 aliphatic carbocycles. The van der Waals surface area contributed by atoms with Gasteiger partial charge in [-0.3, -0.25) is 0 Å². The van der Waals surface area contributed by atoms with Gasteiger partial charge >= 0.3 is 0 Å². The smallest absolute Gasteiger partial charge is 0.200 e. The number of ether oxygens (including phenoxy) is 1. The van der Waals surface area contributed by atoms with Crippen LogP contribution in [-0.4, -0.2) is 18.8 Å². The van der Waals surface area contributed by atoms with Gasteiger partial charge in [0.1, 0.15) is 0 Å². The molecule has 0 aliphatic heterocycles. The van der Waals surface area contributed by atoms with Crippen molar-refractivity contribution >= 4 is 0 Å². The number of aliphatic hydroxyl groups is 1. The molecule has 0 saturated heterocycles. The minimum Gasteiger partial charge on any atom is -0.493 e. The highest BCUT2D eigenvalue weighted by atomic mass is 19.2. The SMILES string of the molecule is COc1c([C@@H](N)CO)ccc(F)c1F. The summed E-state index contributed by atoms with van der Waals surface area (Å²) in [5, 5.41) is 8.77. The summed E-state index contributed by atoms with van der Waals surface area (Å²) in [6.45, 7) is -0.360. The van der Waals surface area contributed by atoms with Crippen molar-refractivity contribution in [3.05, 3.63) is 29.3 Å². The lowest BCUT2D eigenvalue weighted by Gasteiger charge is -2.13. The van der Waals surface area contributed by atoms with Gasteiger partial charge in [-0.1, -0.05) is 6.07 Å². The zero-order chi connectivity index (χ0) is 10.7. The van der Waals surface area contributed by atoms with Crippen molar-refractivity contribution in [1.82, 2.24) is 0 Å². The molecule has 0 aromatic heterocycles. The number of hydrogen-bond acceptors (Lipinski definition) is 3. The second kappa shape index (κ2) is 4.34. The highest BCUT2D eigenvalue weighted by molar-refractivity contribution is 5.37. The molecule has 0 unspecified atom stereocenters. The summed E-state index contributed by atoms with van der Waals surface area (Å²) >= 11 is 0. The van der Waals surface area contributed by atoms with E-state index in [1.54, 1.807) is 0 Å². The van der Waals surface area contributed by atoms with Crippen molar-refractivity contribution in [2.45, 2.75) is 6.04 Å². The summed E-state index contributed by atoms with van der Waals surface area (Å²) < 4.78 is 30.6. The number of halogens is 2. The third-order valence-electron chi connectivity index (χ3n) is 1.88. The normalized spacial score (nSPS) is 12.6. The van der Waals surface area contributed by atoms with Crippen LogP contribution < -0.4 is 10.5 Å². The zero-order valence-corrected chi connectivity index (χ0v) is 7.63. The molecule has 1 aromatic rings. The number of hydrogen-bond donors (Lipinski definition) is 2. The predicted molar refractivity (Wildman–Crippen MR) is 46.9 cm³/mol. The second-order valence-electron chi connectivity index (χ2n) is 2.77. The van der Waals surface area contributed by atoms with Crippen LogP contribution in [0.25, 0.3) is 0 Å². The third kappa shape index (κ3) is 1.83. The highest BCUT2D eigenvalue weighted by Crippen LogP contribution is 2.28. The molecule has 3 N–H and O–H groups in total. The second-order valence-corrected chi connectivity index (χ2v) is 2.77. The molecule has 0 radical (unpaired) electrons. The van der Waals surface area contributed by atoms with E-state index in [1.165, 1.54) is 13.2 Å². The Balaban J connectivity index is 3.23. The molecule has 1 atom stereocenters. The molecule has 5 heteroatoms. The zero-order valence-electron chi connectivity index (χ0n) is 7.63. The monoisotopic (exact) mass is 203 g/mol. The van der Waals surface area contributed by atoms with Crippen LogP contribution in [0.5, 0.6) is 5.75 Å². The van der Waals surface area contributed by atoms with Crippen LogP contribution in [0.2, 0.25) is 0 Å². The summed E-state index contributed by atoms with van der Waals surface area (Å²) in [6, 6.07) is 1.46. The summed E-state index contributed by atoms with van der Waals surface area (Å²) in [5.41, 5.74) is 5.71. The van der Waals surface area contributed by atoms with E-state index in [0.29, 0.717) is 0 Å². The number of methoxy groups -OCH3 is 1. The number of nitrogens with two attached hydrogens (primary N) is 1. The van der Waals surface area contributed by atoms with E-state index in [4.69, 9.17) is 10.8 Å². The molecule has 0 fully saturated rings. The Morgan fingerprint density at radius 2 is 2.14 bits per heavy atom. The van der Waals surface area contributed by atoms with Gasteiger partial charge in [0.2, 0.25) is 5.82 Å². The summed E-state index contributed by atoms with van der Waals surface area (Å²) in [4.78, 5) is 0. The summed E-state index contributed by atoms with van der Waals surface area (Å²) in [5.74, 6) is -2.35. The predicted octanol–water partition coefficient (Wildman–Crippen LogP) is 0.965. The average molecular weight is 203 g/mol. The van der Waals surface area contributed by atoms with E-state index >= 15 is 0 Å². The largest absolute Gasteiger partial charge is 0.493 e. The molecule has 1 aromatic carbocycles. The van der Waals surface area contributed by atoms with Crippen molar-refractivity contribution in [3.63, 3.8) is 0 Å². The minimum atomic E-state index is -1.09. The molecule has 1 rings (SSSR count). The maximum Gasteiger partial charge on any atom is 0.200 e. The fourth-order valence-electron chi connectivity index (χ4n) is 1.14. The molecule has 0 heterocycles. The van der Waals surface area contributed by atoms with E-state index in [-0.39, 0.29) is 17.9 Å². The standard InChI is InChI=1S/C9H11F2NO2/c1-14-9-5(7(12)4-13)2-3-6(10)8(9)11/h2-3,7,13H,4,12H2,1H3/t7-/m0/s1. The Morgan fingerprint density at radius 3 is 2.64 bits per heavy atom. The van der Waals surface area contributed by atoms with E-state index in [0.717, 1.165) is 6.07 Å². The van der Waals surface area contributed by atoms with Crippen molar-refractivity contribution in [3.8, 4) is 5.75 Å². The van der Waals surface area contributed by atoms with Crippen molar-refractivity contribution in [1.29, 1.82) is 0 Å². The molecule has 0 amide bonds. The fourth-order valence-corrected chi connectivity index (χ4v) is 1.14. The maximum absolute atomic E-state index is 13.1. The van der Waals surface area contributed by atoms with Gasteiger partial charge < -0.3 is 15.6 Å². The lowest BCUT2D eigenvalue weighted by atomic mass is 10.1. The van der Waals surface area contributed by atoms with Crippen molar-refractivity contribution < 1.29 is 18.6 Å². The van der Waals surface area contributed by atoms with Crippen LogP contribution in [0.4, 0.5) is 8.78 Å². The molecule has 78 valence electrons. The van der Waals surface area contributed by atoms with Crippen LogP contribution in [-0.2, 0) is 0 Å². The minimum absolute atomic E-state index is 0.244. The van der Waals surface area contributed by atoms with Crippen LogP contribution >= 0.6 is 0 Å². The average Bonchev–Trinajstić information content (AvgIpc) is 2.20. The van der Waals surface area contributed by atoms with Gasteiger partial charge in [0, 0.05) is 5.56 Å². The Kier molecular flexibility index (Phi) is 3.38. The topological polar surface area (TPSA) is 55.5 Å². The fraction of sp³-hybridized carbons (Fsp3) is 0.333. The van der Waals surface area contributed by atoms with E-state index < -0.39 is 17.7 Å². The van der Waals surface area contributed by atoms with Gasteiger partial charge in [-0.2, -0.15) is 4.39 Å². The molecule has 14 heavy (non-hydrogen) atoms. The first kappa shape index (κ1) is 10.9. The molecule has 0 bridgehead atoms. The lowest BCUT2D eigenvalue weighted by molar-refractivity contribution is 0.262. The van der Waals surface area contributed by atoms with Gasteiger partial charge in [0.15, 0.2) is 11.6 Å². The molecular formula is C9H11F2NO2. The van der Waals surface area contributed by atoms with Gasteiger partial charge in [-0.15, -0.1) is 0 Å².